The summed E-state index contributed by atoms with van der Waals surface area (Å²) >= 11 is 1.29. The van der Waals surface area contributed by atoms with Crippen LogP contribution in [0.3, 0.4) is 0 Å². The number of aliphatic hydroxyl groups is 1. The molecule has 0 aromatic heterocycles. The molecule has 0 heterocycles. The zero-order chi connectivity index (χ0) is 8.20. The van der Waals surface area contributed by atoms with Crippen molar-refractivity contribution in [2.75, 3.05) is 5.94 Å². The summed E-state index contributed by atoms with van der Waals surface area (Å²) in [5.74, 6) is -0.0567. The maximum atomic E-state index is 8.53. The summed E-state index contributed by atoms with van der Waals surface area (Å²) in [7, 11) is 0. The van der Waals surface area contributed by atoms with Crippen molar-refractivity contribution >= 4 is 17.7 Å². The number of nitrogens with two attached hydrogens (primary N) is 1. The molecule has 10 heavy (non-hydrogen) atoms. The third-order valence-electron chi connectivity index (χ3n) is 0.861. The highest BCUT2D eigenvalue weighted by molar-refractivity contribution is 8.00. The van der Waals surface area contributed by atoms with Crippen LogP contribution < -0.4 is 11.1 Å². The first-order chi connectivity index (χ1) is 4.48. The average Bonchev–Trinajstić information content (AvgIpc) is 1.59. The van der Waals surface area contributed by atoms with Gasteiger partial charge in [0.1, 0.15) is 0 Å². The summed E-state index contributed by atoms with van der Waals surface area (Å²) in [4.78, 5) is -0.361. The van der Waals surface area contributed by atoms with E-state index in [1.165, 1.54) is 11.8 Å². The van der Waals surface area contributed by atoms with Gasteiger partial charge in [-0.05, 0) is 13.8 Å². The van der Waals surface area contributed by atoms with Crippen molar-refractivity contribution in [3.05, 3.63) is 0 Å². The van der Waals surface area contributed by atoms with Crippen LogP contribution in [0.1, 0.15) is 13.8 Å². The minimum absolute atomic E-state index is 0.0211. The van der Waals surface area contributed by atoms with Crippen molar-refractivity contribution in [1.82, 2.24) is 5.32 Å². The Morgan fingerprint density at radius 3 is 2.60 bits per heavy atom. The summed E-state index contributed by atoms with van der Waals surface area (Å²) in [5, 5.41) is 18.1. The lowest BCUT2D eigenvalue weighted by molar-refractivity contribution is 0.372. The third-order valence-corrected chi connectivity index (χ3v) is 1.81. The highest BCUT2D eigenvalue weighted by atomic mass is 32.2. The molecule has 0 aliphatic heterocycles. The monoisotopic (exact) mass is 163 g/mol. The summed E-state index contributed by atoms with van der Waals surface area (Å²) in [6.45, 7) is 3.69. The zero-order valence-corrected chi connectivity index (χ0v) is 6.96. The molecule has 5 heteroatoms. The predicted octanol–water partition coefficient (Wildman–Crippen LogP) is -0.111. The fourth-order valence-corrected chi connectivity index (χ4v) is 1.03. The molecular formula is C5H13N3OS. The smallest absolute Gasteiger partial charge is 0.186 e. The van der Waals surface area contributed by atoms with Crippen LogP contribution in [0.25, 0.3) is 0 Å². The minimum atomic E-state index is -0.361. The molecule has 0 aromatic carbocycles. The van der Waals surface area contributed by atoms with Crippen molar-refractivity contribution in [1.29, 1.82) is 5.41 Å². The van der Waals surface area contributed by atoms with E-state index in [1.54, 1.807) is 0 Å². The average molecular weight is 163 g/mol. The molecule has 0 fully saturated rings. The van der Waals surface area contributed by atoms with Gasteiger partial charge in [-0.15, -0.1) is 11.8 Å². The highest BCUT2D eigenvalue weighted by Crippen LogP contribution is 2.18. The second kappa shape index (κ2) is 3.68. The Balaban J connectivity index is 3.74. The van der Waals surface area contributed by atoms with Crippen LogP contribution in [0.5, 0.6) is 0 Å². The van der Waals surface area contributed by atoms with E-state index in [-0.39, 0.29) is 16.8 Å². The number of rotatable bonds is 3. The van der Waals surface area contributed by atoms with E-state index in [2.05, 4.69) is 5.32 Å². The molecule has 0 spiro atoms. The van der Waals surface area contributed by atoms with Gasteiger partial charge in [0.15, 0.2) is 5.96 Å². The second-order valence-corrected chi connectivity index (χ2v) is 3.89. The Hall–Kier alpha value is -0.420. The van der Waals surface area contributed by atoms with E-state index in [9.17, 15) is 0 Å². The standard InChI is InChI=1S/C5H13N3OS/c1-5(2,10-3-9)8-4(6)7/h9H,3H2,1-2H3,(H4,6,7,8). The summed E-state index contributed by atoms with van der Waals surface area (Å²) in [6, 6.07) is 0. The first-order valence-corrected chi connectivity index (χ1v) is 3.83. The number of nitrogens with one attached hydrogen (secondary N) is 2. The molecule has 0 rings (SSSR count). The first kappa shape index (κ1) is 9.58. The lowest BCUT2D eigenvalue weighted by atomic mass is 10.4. The Morgan fingerprint density at radius 1 is 1.80 bits per heavy atom. The molecular weight excluding hydrogens is 150 g/mol. The van der Waals surface area contributed by atoms with Crippen LogP contribution in [0.2, 0.25) is 0 Å². The van der Waals surface area contributed by atoms with Crippen LogP contribution in [-0.2, 0) is 0 Å². The summed E-state index contributed by atoms with van der Waals surface area (Å²) in [6.07, 6.45) is 0. The maximum absolute atomic E-state index is 8.53. The van der Waals surface area contributed by atoms with Crippen LogP contribution in [0, 0.1) is 5.41 Å². The largest absolute Gasteiger partial charge is 0.386 e. The molecule has 0 saturated carbocycles. The van der Waals surface area contributed by atoms with Gasteiger partial charge in [0.2, 0.25) is 0 Å². The van der Waals surface area contributed by atoms with Crippen molar-refractivity contribution in [2.45, 2.75) is 18.7 Å². The van der Waals surface area contributed by atoms with E-state index < -0.39 is 0 Å². The number of hydrogen-bond donors (Lipinski definition) is 4. The number of guanidine groups is 1. The van der Waals surface area contributed by atoms with Crippen molar-refractivity contribution < 1.29 is 5.11 Å². The zero-order valence-electron chi connectivity index (χ0n) is 6.14. The van der Waals surface area contributed by atoms with Crippen LogP contribution >= 0.6 is 11.8 Å². The molecule has 0 saturated heterocycles. The quantitative estimate of drug-likeness (QED) is 0.266. The van der Waals surface area contributed by atoms with E-state index in [4.69, 9.17) is 16.2 Å². The van der Waals surface area contributed by atoms with Gasteiger partial charge in [0, 0.05) is 0 Å². The molecule has 5 N–H and O–H groups in total. The summed E-state index contributed by atoms with van der Waals surface area (Å²) in [5.41, 5.74) is 5.09. The maximum Gasteiger partial charge on any atom is 0.186 e. The number of thioether (sulfide) groups is 1. The van der Waals surface area contributed by atoms with Crippen LogP contribution in [0.15, 0.2) is 0 Å². The van der Waals surface area contributed by atoms with E-state index in [0.29, 0.717) is 0 Å². The van der Waals surface area contributed by atoms with Gasteiger partial charge in [0.05, 0.1) is 10.8 Å². The van der Waals surface area contributed by atoms with Gasteiger partial charge < -0.3 is 16.2 Å². The molecule has 0 unspecified atom stereocenters. The second-order valence-electron chi connectivity index (χ2n) is 2.32. The number of hydrogen-bond acceptors (Lipinski definition) is 3. The molecule has 0 aliphatic rings. The normalized spacial score (nSPS) is 11.1. The fourth-order valence-electron chi connectivity index (χ4n) is 0.522. The van der Waals surface area contributed by atoms with Crippen molar-refractivity contribution in [3.63, 3.8) is 0 Å². The molecule has 4 nitrogen and oxygen atoms in total. The van der Waals surface area contributed by atoms with Gasteiger partial charge >= 0.3 is 0 Å². The van der Waals surface area contributed by atoms with Crippen molar-refractivity contribution in [2.24, 2.45) is 5.73 Å². The lowest BCUT2D eigenvalue weighted by Crippen LogP contribution is -2.44. The lowest BCUT2D eigenvalue weighted by Gasteiger charge is -2.24. The molecule has 0 atom stereocenters. The van der Waals surface area contributed by atoms with E-state index in [1.807, 2.05) is 13.8 Å². The van der Waals surface area contributed by atoms with E-state index in [0.717, 1.165) is 0 Å². The van der Waals surface area contributed by atoms with Crippen LogP contribution in [0.4, 0.5) is 0 Å². The minimum Gasteiger partial charge on any atom is -0.386 e. The molecule has 0 amide bonds. The Morgan fingerprint density at radius 2 is 2.30 bits per heavy atom. The Bertz CT molecular complexity index is 126. The Labute approximate surface area is 64.7 Å². The van der Waals surface area contributed by atoms with Gasteiger partial charge in [-0.3, -0.25) is 5.41 Å². The topological polar surface area (TPSA) is 82.1 Å². The molecule has 0 bridgehead atoms. The first-order valence-electron chi connectivity index (χ1n) is 2.85. The molecule has 60 valence electrons. The van der Waals surface area contributed by atoms with Crippen molar-refractivity contribution in [3.8, 4) is 0 Å². The van der Waals surface area contributed by atoms with Gasteiger partial charge in [-0.2, -0.15) is 0 Å². The predicted molar refractivity (Wildman–Crippen MR) is 43.8 cm³/mol. The van der Waals surface area contributed by atoms with Gasteiger partial charge in [0.25, 0.3) is 0 Å². The molecule has 0 radical (unpaired) electrons. The molecule has 0 aliphatic carbocycles. The Kier molecular flexibility index (Phi) is 3.52. The third kappa shape index (κ3) is 4.46. The highest BCUT2D eigenvalue weighted by Gasteiger charge is 2.16. The molecule has 0 aromatic rings. The summed E-state index contributed by atoms with van der Waals surface area (Å²) < 4.78 is 0. The van der Waals surface area contributed by atoms with Gasteiger partial charge in [-0.1, -0.05) is 0 Å². The van der Waals surface area contributed by atoms with Gasteiger partial charge in [-0.25, -0.2) is 0 Å². The fraction of sp³-hybridized carbons (Fsp3) is 0.800. The SMILES string of the molecule is CC(C)(NC(=N)N)SCO. The van der Waals surface area contributed by atoms with E-state index >= 15 is 0 Å². The number of aliphatic hydroxyl groups excluding tert-OH is 1. The van der Waals surface area contributed by atoms with Crippen LogP contribution in [-0.4, -0.2) is 21.9 Å².